The second-order valence-corrected chi connectivity index (χ2v) is 44.0. The summed E-state index contributed by atoms with van der Waals surface area (Å²) in [4.78, 5) is 0. The first-order valence-electron chi connectivity index (χ1n) is 46.5. The van der Waals surface area contributed by atoms with Crippen molar-refractivity contribution in [2.24, 2.45) is 16.7 Å². The van der Waals surface area contributed by atoms with E-state index in [0.717, 1.165) is 67.9 Å². The Hall–Kier alpha value is -5.67. The van der Waals surface area contributed by atoms with Crippen LogP contribution < -0.4 is 0 Å². The molecule has 0 radical (unpaired) electrons. The molecule has 4 fully saturated rings. The van der Waals surface area contributed by atoms with Gasteiger partial charge < -0.3 is 0 Å². The summed E-state index contributed by atoms with van der Waals surface area (Å²) in [6.45, 7) is 65.6. The van der Waals surface area contributed by atoms with E-state index in [2.05, 4.69) is 313 Å². The van der Waals surface area contributed by atoms with Gasteiger partial charge in [-0.3, -0.25) is 0 Å². The number of halogens is 3. The summed E-state index contributed by atoms with van der Waals surface area (Å²) >= 11 is 0. The van der Waals surface area contributed by atoms with Gasteiger partial charge in [0.15, 0.2) is 0 Å². The zero-order valence-electron chi connectivity index (χ0n) is 81.7. The predicted octanol–water partition coefficient (Wildman–Crippen LogP) is 35.1. The van der Waals surface area contributed by atoms with Crippen LogP contribution in [0.1, 0.15) is 453 Å². The van der Waals surface area contributed by atoms with Gasteiger partial charge in [-0.15, -0.1) is 0 Å². The van der Waals surface area contributed by atoms with E-state index in [1.54, 1.807) is 23.3 Å². The van der Waals surface area contributed by atoms with Crippen molar-refractivity contribution < 1.29 is 17.3 Å². The largest absolute Gasteiger partial charge is 0.394 e. The smallest absolute Gasteiger partial charge is 0.171 e. The average Bonchev–Trinajstić information content (AvgIpc) is 0.742. The molecule has 0 saturated heterocycles. The van der Waals surface area contributed by atoms with Crippen molar-refractivity contribution in [2.75, 3.05) is 0 Å². The Kier molecular flexibility index (Phi) is 35.7. The van der Waals surface area contributed by atoms with E-state index in [4.69, 9.17) is 1.37 Å². The van der Waals surface area contributed by atoms with Gasteiger partial charge in [0.05, 0.1) is 5.41 Å². The Balaban J connectivity index is 0.000000246. The molecule has 4 saturated carbocycles. The van der Waals surface area contributed by atoms with Gasteiger partial charge >= 0.3 is 6.18 Å². The second kappa shape index (κ2) is 43.3. The molecule has 7 aromatic carbocycles. The van der Waals surface area contributed by atoms with E-state index < -0.39 is 23.4 Å². The van der Waals surface area contributed by atoms with Crippen LogP contribution in [0.5, 0.6) is 0 Å². The van der Waals surface area contributed by atoms with Gasteiger partial charge in [0.25, 0.3) is 0 Å². The van der Waals surface area contributed by atoms with Gasteiger partial charge in [0.1, 0.15) is 0 Å². The van der Waals surface area contributed by atoms with E-state index >= 15 is 0 Å². The van der Waals surface area contributed by atoms with Crippen molar-refractivity contribution in [1.82, 2.24) is 0 Å². The molecule has 0 heterocycles. The standard InChI is InChI=1S/C22H34.2C16H24.C15H21F3.C15H24.C14H22.C13H20/c1-22(2,3)21-19(17-11-6-4-7-12-17)15-10-16-20(21)18-13-8-5-9-14-18;2*1-16(2,3)15-12-8-7-11-14(15)13-9-5-4-6-10-13;1-13(2,3)12-9-7-6-8-11(12)10-14(4,5)15(16,17)18;1-14(2,3)11-12-9-7-8-10-13(12)15(4,5)6;1-11(2)10-12-8-6-7-9-13(12)14(3,4)5;1-10(2)11-8-6-7-9-12(11)13(3,4)5/h10,15-18H,4-9,11-14H2,1-3H3;2*7-8,11-13H,4-6,9-10H2,1-3H3;6-9H,10H2,1-5H3;7-10H,11H2,1-6H3;6-9,11H,10H2,1-5H3;6-10H,1-5H3/i17D,18D;13D;;;;;. The third kappa shape index (κ3) is 32.2. The summed E-state index contributed by atoms with van der Waals surface area (Å²) < 4.78 is 66.0. The molecule has 0 atom stereocenters. The van der Waals surface area contributed by atoms with Crippen molar-refractivity contribution in [3.63, 3.8) is 0 Å². The minimum atomic E-state index is -4.18. The third-order valence-electron chi connectivity index (χ3n) is 23.5. The molecule has 0 aliphatic heterocycles. The van der Waals surface area contributed by atoms with Crippen LogP contribution >= 0.6 is 0 Å². The van der Waals surface area contributed by atoms with Crippen LogP contribution in [0.25, 0.3) is 0 Å². The molecule has 0 bridgehead atoms. The quantitative estimate of drug-likeness (QED) is 0.128. The van der Waals surface area contributed by atoms with Gasteiger partial charge in [-0.1, -0.05) is 449 Å². The molecule has 0 N–H and O–H groups in total. The minimum absolute atomic E-state index is 0.0110. The lowest BCUT2D eigenvalue weighted by Crippen LogP contribution is -2.34. The maximum absolute atomic E-state index is 12.9. The van der Waals surface area contributed by atoms with E-state index in [1.807, 2.05) is 32.9 Å². The van der Waals surface area contributed by atoms with Crippen LogP contribution in [0, 0.1) is 16.7 Å². The van der Waals surface area contributed by atoms with Gasteiger partial charge in [-0.05, 0) is 233 Å². The van der Waals surface area contributed by atoms with Crippen LogP contribution in [-0.2, 0) is 57.2 Å². The molecular weight excluding hydrogens is 1390 g/mol. The summed E-state index contributed by atoms with van der Waals surface area (Å²) in [7, 11) is 0. The van der Waals surface area contributed by atoms with Crippen molar-refractivity contribution in [2.45, 2.75) is 429 Å². The normalized spacial score (nSPS) is 17.4. The first-order chi connectivity index (χ1) is 53.8. The molecule has 11 rings (SSSR count). The van der Waals surface area contributed by atoms with Crippen LogP contribution in [0.4, 0.5) is 13.2 Å². The van der Waals surface area contributed by atoms with E-state index in [-0.39, 0.29) is 50.2 Å². The van der Waals surface area contributed by atoms with Crippen molar-refractivity contribution in [3.8, 4) is 0 Å². The molecule has 0 unspecified atom stereocenters. The highest BCUT2D eigenvalue weighted by atomic mass is 19.4. The van der Waals surface area contributed by atoms with Crippen LogP contribution in [-0.4, -0.2) is 6.18 Å². The molecule has 4 aliphatic rings. The number of hydrogen-bond acceptors (Lipinski definition) is 0. The maximum Gasteiger partial charge on any atom is 0.394 e. The highest BCUT2D eigenvalue weighted by Gasteiger charge is 2.47. The fourth-order valence-corrected chi connectivity index (χ4v) is 17.6. The molecule has 0 nitrogen and oxygen atoms in total. The Morgan fingerprint density at radius 2 is 0.570 bits per heavy atom. The summed E-state index contributed by atoms with van der Waals surface area (Å²) in [5, 5.41) is 0. The monoisotopic (exact) mass is 1560 g/mol. The Labute approximate surface area is 706 Å². The summed E-state index contributed by atoms with van der Waals surface area (Å²) in [6.07, 6.45) is 22.2. The molecule has 0 spiro atoms. The van der Waals surface area contributed by atoms with Crippen LogP contribution in [0.15, 0.2) is 164 Å². The summed E-state index contributed by atoms with van der Waals surface area (Å²) in [6, 6.07) is 58.0. The minimum Gasteiger partial charge on any atom is -0.171 e. The first kappa shape index (κ1) is 93.8. The first-order valence-corrected chi connectivity index (χ1v) is 45.0. The zero-order valence-corrected chi connectivity index (χ0v) is 78.7. The maximum atomic E-state index is 12.9. The average molecular weight is 1560 g/mol. The molecular formula is C111H169F3. The van der Waals surface area contributed by atoms with E-state index in [0.29, 0.717) is 11.3 Å². The molecule has 0 amide bonds. The second-order valence-electron chi connectivity index (χ2n) is 44.0. The predicted molar refractivity (Wildman–Crippen MR) is 499 cm³/mol. The Bertz CT molecular complexity index is 4030. The van der Waals surface area contributed by atoms with Gasteiger partial charge in [0, 0.05) is 4.11 Å². The number of rotatable bonds is 10. The highest BCUT2D eigenvalue weighted by Crippen LogP contribution is 2.47. The zero-order chi connectivity index (χ0) is 88.2. The summed E-state index contributed by atoms with van der Waals surface area (Å²) in [5.41, 5.74) is 20.0. The van der Waals surface area contributed by atoms with Crippen LogP contribution in [0.3, 0.4) is 0 Å². The number of alkyl halides is 3. The molecule has 634 valence electrons. The highest BCUT2D eigenvalue weighted by molar-refractivity contribution is 5.45. The fraction of sp³-hybridized carbons (Fsp3) is 0.622. The van der Waals surface area contributed by atoms with Crippen LogP contribution in [0.2, 0.25) is 0 Å². The molecule has 114 heavy (non-hydrogen) atoms. The van der Waals surface area contributed by atoms with Gasteiger partial charge in [0.2, 0.25) is 0 Å². The SMILES string of the molecule is CC(C)(C)Cc1ccccc1C(C)(C)C.CC(C)(C)c1ccccc1C1CCCCC1.CC(C)(C)c1ccccc1CC(C)(C)C(F)(F)F.CC(C)Cc1ccccc1C(C)(C)C.CC(C)c1ccccc1C(C)(C)C.[2H]C1(c2cccc(C3([2H])CCCCC3)c2C(C)(C)C)CCCCC1.[2H]C1(c2ccccc2C(C)(C)C)CCCCC1. The van der Waals surface area contributed by atoms with Gasteiger partial charge in [-0.2, -0.15) is 13.2 Å². The Morgan fingerprint density at radius 1 is 0.289 bits per heavy atom. The number of hydrogen-bond donors (Lipinski definition) is 0. The lowest BCUT2D eigenvalue weighted by molar-refractivity contribution is -0.211. The van der Waals surface area contributed by atoms with Crippen molar-refractivity contribution >= 4 is 0 Å². The van der Waals surface area contributed by atoms with E-state index in [9.17, 15) is 15.9 Å². The molecule has 0 aromatic heterocycles. The Morgan fingerprint density at radius 3 is 0.904 bits per heavy atom. The lowest BCUT2D eigenvalue weighted by Gasteiger charge is -2.35. The lowest BCUT2D eigenvalue weighted by atomic mass is 9.70. The third-order valence-corrected chi connectivity index (χ3v) is 23.5. The summed E-state index contributed by atoms with van der Waals surface area (Å²) in [5.74, 6) is 0.962. The molecule has 3 heteroatoms. The molecule has 4 aliphatic carbocycles. The van der Waals surface area contributed by atoms with Crippen molar-refractivity contribution in [1.29, 1.82) is 0 Å². The van der Waals surface area contributed by atoms with Crippen molar-refractivity contribution in [3.05, 3.63) is 247 Å². The number of benzene rings is 7. The topological polar surface area (TPSA) is 0 Å². The van der Waals surface area contributed by atoms with E-state index in [1.165, 1.54) is 171 Å². The van der Waals surface area contributed by atoms with Gasteiger partial charge in [-0.25, -0.2) is 0 Å². The fourth-order valence-electron chi connectivity index (χ4n) is 17.6. The molecule has 7 aromatic rings.